The molecule has 3 aromatic heterocycles. The summed E-state index contributed by atoms with van der Waals surface area (Å²) in [6.45, 7) is 0. The Morgan fingerprint density at radius 3 is 2.47 bits per heavy atom. The normalized spacial score (nSPS) is 10.3. The topological polar surface area (TPSA) is 55.7 Å². The summed E-state index contributed by atoms with van der Waals surface area (Å²) in [5, 5.41) is 0. The number of aromatic nitrogens is 3. The summed E-state index contributed by atoms with van der Waals surface area (Å²) >= 11 is 0. The van der Waals surface area contributed by atoms with Crippen LogP contribution in [0.5, 0.6) is 0 Å². The summed E-state index contributed by atoms with van der Waals surface area (Å²) in [6.07, 6.45) is 3.65. The van der Waals surface area contributed by atoms with Gasteiger partial charge in [-0.3, -0.25) is 4.98 Å². The lowest BCUT2D eigenvalue weighted by atomic mass is 10.2. The predicted octanol–water partition coefficient (Wildman–Crippen LogP) is 2.00. The molecule has 0 aliphatic heterocycles. The van der Waals surface area contributed by atoms with Gasteiger partial charge in [-0.2, -0.15) is 0 Å². The molecule has 0 atom stereocenters. The lowest BCUT2D eigenvalue weighted by molar-refractivity contribution is -0.584. The van der Waals surface area contributed by atoms with Gasteiger partial charge in [-0.15, -0.1) is 4.98 Å². The number of nitrogens with two attached hydrogens (primary N) is 1. The van der Waals surface area contributed by atoms with E-state index in [4.69, 9.17) is 5.73 Å². The number of pyridine rings is 3. The number of hydrogen-bond donors (Lipinski definition) is 1. The minimum Gasteiger partial charge on any atom is -0.318 e. The minimum atomic E-state index is 0.646. The summed E-state index contributed by atoms with van der Waals surface area (Å²) in [6, 6.07) is 17.2. The van der Waals surface area contributed by atoms with Crippen LogP contribution in [-0.4, -0.2) is 9.97 Å². The van der Waals surface area contributed by atoms with Crippen LogP contribution in [0.3, 0.4) is 0 Å². The summed E-state index contributed by atoms with van der Waals surface area (Å²) < 4.78 is 1.84. The van der Waals surface area contributed by atoms with Crippen LogP contribution in [0, 0.1) is 0 Å². The van der Waals surface area contributed by atoms with Crippen molar-refractivity contribution in [2.45, 2.75) is 0 Å². The van der Waals surface area contributed by atoms with Gasteiger partial charge in [0.25, 0.3) is 5.82 Å². The maximum Gasteiger partial charge on any atom is 0.267 e. The van der Waals surface area contributed by atoms with Crippen molar-refractivity contribution in [2.75, 3.05) is 5.73 Å². The van der Waals surface area contributed by atoms with Gasteiger partial charge in [-0.25, -0.2) is 4.57 Å². The third-order valence-electron chi connectivity index (χ3n) is 2.80. The Hall–Kier alpha value is -2.75. The average molecular weight is 249 g/mol. The van der Waals surface area contributed by atoms with E-state index in [2.05, 4.69) is 9.97 Å². The van der Waals surface area contributed by atoms with E-state index in [0.29, 0.717) is 5.82 Å². The molecule has 92 valence electrons. The summed E-state index contributed by atoms with van der Waals surface area (Å²) in [7, 11) is 0. The lowest BCUT2D eigenvalue weighted by Crippen LogP contribution is -2.34. The maximum atomic E-state index is 5.95. The number of nitrogen functional groups attached to an aromatic ring is 1. The molecule has 2 N–H and O–H groups in total. The fraction of sp³-hybridized carbons (Fsp3) is 0. The molecule has 0 unspecified atom stereocenters. The van der Waals surface area contributed by atoms with E-state index in [1.165, 1.54) is 0 Å². The van der Waals surface area contributed by atoms with Crippen molar-refractivity contribution in [1.82, 2.24) is 9.97 Å². The van der Waals surface area contributed by atoms with Crippen LogP contribution in [0.15, 0.2) is 67.0 Å². The van der Waals surface area contributed by atoms with E-state index >= 15 is 0 Å². The molecule has 0 aliphatic carbocycles. The second-order valence-corrected chi connectivity index (χ2v) is 4.09. The SMILES string of the molecule is Nc1cccc[n+]1-c1cccc(-c2ccccn2)n1. The first-order chi connectivity index (χ1) is 9.34. The van der Waals surface area contributed by atoms with Crippen molar-refractivity contribution in [3.8, 4) is 17.2 Å². The zero-order valence-corrected chi connectivity index (χ0v) is 10.3. The van der Waals surface area contributed by atoms with Crippen LogP contribution in [0.25, 0.3) is 17.2 Å². The van der Waals surface area contributed by atoms with Crippen molar-refractivity contribution in [3.63, 3.8) is 0 Å². The second kappa shape index (κ2) is 4.86. The number of rotatable bonds is 2. The smallest absolute Gasteiger partial charge is 0.267 e. The van der Waals surface area contributed by atoms with Crippen LogP contribution >= 0.6 is 0 Å². The zero-order chi connectivity index (χ0) is 13.1. The summed E-state index contributed by atoms with van der Waals surface area (Å²) in [4.78, 5) is 8.90. The monoisotopic (exact) mass is 249 g/mol. The van der Waals surface area contributed by atoms with Crippen LogP contribution in [0.2, 0.25) is 0 Å². The molecule has 3 heterocycles. The largest absolute Gasteiger partial charge is 0.318 e. The van der Waals surface area contributed by atoms with Crippen molar-refractivity contribution in [1.29, 1.82) is 0 Å². The predicted molar refractivity (Wildman–Crippen MR) is 73.4 cm³/mol. The van der Waals surface area contributed by atoms with Crippen LogP contribution in [0.1, 0.15) is 0 Å². The Kier molecular flexibility index (Phi) is 2.90. The van der Waals surface area contributed by atoms with Gasteiger partial charge in [-0.1, -0.05) is 18.2 Å². The molecule has 0 spiro atoms. The molecule has 0 bridgehead atoms. The second-order valence-electron chi connectivity index (χ2n) is 4.09. The molecule has 0 aliphatic rings. The molecule has 0 aromatic carbocycles. The highest BCUT2D eigenvalue weighted by atomic mass is 15.1. The fourth-order valence-electron chi connectivity index (χ4n) is 1.88. The van der Waals surface area contributed by atoms with Crippen LogP contribution in [-0.2, 0) is 0 Å². The van der Waals surface area contributed by atoms with E-state index < -0.39 is 0 Å². The highest BCUT2D eigenvalue weighted by molar-refractivity contribution is 5.54. The first kappa shape index (κ1) is 11.3. The summed E-state index contributed by atoms with van der Waals surface area (Å²) in [5.74, 6) is 1.43. The van der Waals surface area contributed by atoms with Crippen molar-refractivity contribution in [3.05, 3.63) is 67.0 Å². The molecule has 0 fully saturated rings. The Morgan fingerprint density at radius 2 is 1.68 bits per heavy atom. The molecule has 4 heteroatoms. The first-order valence-corrected chi connectivity index (χ1v) is 5.99. The highest BCUT2D eigenvalue weighted by Gasteiger charge is 2.11. The summed E-state index contributed by atoms with van der Waals surface area (Å²) in [5.41, 5.74) is 7.62. The van der Waals surface area contributed by atoms with E-state index in [0.717, 1.165) is 17.2 Å². The fourth-order valence-corrected chi connectivity index (χ4v) is 1.88. The molecule has 3 aromatic rings. The van der Waals surface area contributed by atoms with Gasteiger partial charge in [0.1, 0.15) is 5.69 Å². The quantitative estimate of drug-likeness (QED) is 0.707. The van der Waals surface area contributed by atoms with Gasteiger partial charge in [0, 0.05) is 18.3 Å². The van der Waals surface area contributed by atoms with Crippen LogP contribution in [0.4, 0.5) is 5.82 Å². The standard InChI is InChI=1S/C15H12N4/c16-14-8-2-4-11-19(14)15-9-5-7-13(18-15)12-6-1-3-10-17-12/h1-11,16H/p+1. The lowest BCUT2D eigenvalue weighted by Gasteiger charge is -2.02. The Bertz CT molecular complexity index is 695. The molecule has 3 rings (SSSR count). The molecule has 0 saturated heterocycles. The van der Waals surface area contributed by atoms with E-state index in [-0.39, 0.29) is 0 Å². The van der Waals surface area contributed by atoms with Gasteiger partial charge in [0.15, 0.2) is 5.69 Å². The van der Waals surface area contributed by atoms with Gasteiger partial charge >= 0.3 is 0 Å². The Labute approximate surface area is 111 Å². The minimum absolute atomic E-state index is 0.646. The van der Waals surface area contributed by atoms with E-state index in [1.807, 2.05) is 65.4 Å². The zero-order valence-electron chi connectivity index (χ0n) is 10.3. The van der Waals surface area contributed by atoms with Gasteiger partial charge in [0.2, 0.25) is 5.82 Å². The van der Waals surface area contributed by atoms with Gasteiger partial charge < -0.3 is 5.73 Å². The third-order valence-corrected chi connectivity index (χ3v) is 2.80. The highest BCUT2D eigenvalue weighted by Crippen LogP contribution is 2.14. The molecular weight excluding hydrogens is 236 g/mol. The van der Waals surface area contributed by atoms with E-state index in [9.17, 15) is 0 Å². The molecule has 19 heavy (non-hydrogen) atoms. The molecule has 0 saturated carbocycles. The van der Waals surface area contributed by atoms with E-state index in [1.54, 1.807) is 6.20 Å². The first-order valence-electron chi connectivity index (χ1n) is 5.99. The Balaban J connectivity index is 2.09. The molecule has 0 amide bonds. The Morgan fingerprint density at radius 1 is 0.842 bits per heavy atom. The molecular formula is C15H13N4+. The van der Waals surface area contributed by atoms with Crippen molar-refractivity contribution >= 4 is 5.82 Å². The third kappa shape index (κ3) is 2.28. The number of nitrogens with zero attached hydrogens (tertiary/aromatic N) is 3. The van der Waals surface area contributed by atoms with Crippen molar-refractivity contribution in [2.24, 2.45) is 0 Å². The van der Waals surface area contributed by atoms with Gasteiger partial charge in [0.05, 0.1) is 6.20 Å². The average Bonchev–Trinajstić information content (AvgIpc) is 2.49. The van der Waals surface area contributed by atoms with Crippen molar-refractivity contribution < 1.29 is 4.57 Å². The van der Waals surface area contributed by atoms with Gasteiger partial charge in [-0.05, 0) is 24.3 Å². The maximum absolute atomic E-state index is 5.95. The molecule has 0 radical (unpaired) electrons. The van der Waals surface area contributed by atoms with Crippen LogP contribution < -0.4 is 10.3 Å². The number of anilines is 1. The number of hydrogen-bond acceptors (Lipinski definition) is 3. The molecule has 4 nitrogen and oxygen atoms in total.